The van der Waals surface area contributed by atoms with Crippen LogP contribution in [0, 0.1) is 5.92 Å². The Labute approximate surface area is 104 Å². The zero-order valence-electron chi connectivity index (χ0n) is 10.7. The Hall–Kier alpha value is -1.18. The Bertz CT molecular complexity index is 400. The molecule has 2 aliphatic rings. The highest BCUT2D eigenvalue weighted by atomic mass is 15.1. The number of aryl methyl sites for hydroxylation is 1. The third-order valence-corrected chi connectivity index (χ3v) is 4.05. The molecular weight excluding hydrogens is 208 g/mol. The molecule has 92 valence electrons. The second-order valence-electron chi connectivity index (χ2n) is 5.57. The summed E-state index contributed by atoms with van der Waals surface area (Å²) < 4.78 is 0. The summed E-state index contributed by atoms with van der Waals surface area (Å²) in [6.45, 7) is 5.96. The first-order valence-corrected chi connectivity index (χ1v) is 6.95. The van der Waals surface area contributed by atoms with Crippen LogP contribution in [0.4, 0.5) is 11.4 Å². The molecule has 0 aliphatic carbocycles. The van der Waals surface area contributed by atoms with Crippen LogP contribution in [-0.2, 0) is 6.42 Å². The Kier molecular flexibility index (Phi) is 2.96. The molecule has 1 aromatic rings. The lowest BCUT2D eigenvalue weighted by Gasteiger charge is -2.33. The van der Waals surface area contributed by atoms with E-state index in [2.05, 4.69) is 35.3 Å². The molecule has 1 saturated heterocycles. The smallest absolute Gasteiger partial charge is 0.0374 e. The van der Waals surface area contributed by atoms with E-state index in [0.717, 1.165) is 12.5 Å². The monoisotopic (exact) mass is 230 g/mol. The zero-order valence-corrected chi connectivity index (χ0v) is 10.7. The number of hydrogen-bond donors (Lipinski definition) is 1. The number of fused-ring (bicyclic) bond motifs is 1. The van der Waals surface area contributed by atoms with Crippen molar-refractivity contribution in [3.63, 3.8) is 0 Å². The van der Waals surface area contributed by atoms with Gasteiger partial charge in [0.1, 0.15) is 0 Å². The van der Waals surface area contributed by atoms with Crippen LogP contribution in [0.3, 0.4) is 0 Å². The minimum absolute atomic E-state index is 0.845. The van der Waals surface area contributed by atoms with Gasteiger partial charge in [-0.3, -0.25) is 0 Å². The molecule has 17 heavy (non-hydrogen) atoms. The maximum atomic E-state index is 3.48. The summed E-state index contributed by atoms with van der Waals surface area (Å²) in [6, 6.07) is 6.96. The topological polar surface area (TPSA) is 15.3 Å². The minimum Gasteiger partial charge on any atom is -0.385 e. The van der Waals surface area contributed by atoms with Crippen molar-refractivity contribution in [2.24, 2.45) is 5.92 Å². The first kappa shape index (κ1) is 10.9. The molecule has 1 fully saturated rings. The van der Waals surface area contributed by atoms with Crippen molar-refractivity contribution in [3.8, 4) is 0 Å². The largest absolute Gasteiger partial charge is 0.385 e. The average Bonchev–Trinajstić information content (AvgIpc) is 2.38. The van der Waals surface area contributed by atoms with Gasteiger partial charge < -0.3 is 10.2 Å². The van der Waals surface area contributed by atoms with Crippen molar-refractivity contribution < 1.29 is 0 Å². The summed E-state index contributed by atoms with van der Waals surface area (Å²) in [5.41, 5.74) is 4.29. The van der Waals surface area contributed by atoms with Crippen LogP contribution in [0.5, 0.6) is 0 Å². The lowest BCUT2D eigenvalue weighted by Crippen LogP contribution is -2.34. The molecule has 0 aromatic heterocycles. The molecule has 1 unspecified atom stereocenters. The van der Waals surface area contributed by atoms with Crippen molar-refractivity contribution in [2.45, 2.75) is 32.6 Å². The second-order valence-corrected chi connectivity index (χ2v) is 5.57. The van der Waals surface area contributed by atoms with Gasteiger partial charge in [0.05, 0.1) is 0 Å². The van der Waals surface area contributed by atoms with Crippen LogP contribution in [0.2, 0.25) is 0 Å². The zero-order chi connectivity index (χ0) is 11.7. The Morgan fingerprint density at radius 1 is 1.29 bits per heavy atom. The average molecular weight is 230 g/mol. The second kappa shape index (κ2) is 4.59. The van der Waals surface area contributed by atoms with E-state index in [1.807, 2.05) is 0 Å². The van der Waals surface area contributed by atoms with Crippen LogP contribution in [-0.4, -0.2) is 19.6 Å². The van der Waals surface area contributed by atoms with Gasteiger partial charge in [-0.2, -0.15) is 0 Å². The van der Waals surface area contributed by atoms with Gasteiger partial charge in [-0.05, 0) is 55.4 Å². The van der Waals surface area contributed by atoms with Crippen LogP contribution in [0.25, 0.3) is 0 Å². The third-order valence-electron chi connectivity index (χ3n) is 4.05. The van der Waals surface area contributed by atoms with Crippen molar-refractivity contribution in [3.05, 3.63) is 23.8 Å². The van der Waals surface area contributed by atoms with E-state index in [9.17, 15) is 0 Å². The first-order chi connectivity index (χ1) is 8.33. The molecule has 1 N–H and O–H groups in total. The van der Waals surface area contributed by atoms with Crippen molar-refractivity contribution in [2.75, 3.05) is 29.9 Å². The third kappa shape index (κ3) is 2.26. The fourth-order valence-electron chi connectivity index (χ4n) is 3.08. The van der Waals surface area contributed by atoms with Gasteiger partial charge in [-0.1, -0.05) is 6.92 Å². The molecule has 1 atom stereocenters. The fraction of sp³-hybridized carbons (Fsp3) is 0.600. The normalized spacial score (nSPS) is 24.1. The van der Waals surface area contributed by atoms with E-state index in [4.69, 9.17) is 0 Å². The number of nitrogens with one attached hydrogen (secondary N) is 1. The molecule has 0 saturated carbocycles. The van der Waals surface area contributed by atoms with Gasteiger partial charge in [-0.25, -0.2) is 0 Å². The predicted molar refractivity (Wildman–Crippen MR) is 73.9 cm³/mol. The van der Waals surface area contributed by atoms with E-state index >= 15 is 0 Å². The van der Waals surface area contributed by atoms with Crippen molar-refractivity contribution in [1.82, 2.24) is 0 Å². The van der Waals surface area contributed by atoms with Gasteiger partial charge in [0, 0.05) is 31.0 Å². The summed E-state index contributed by atoms with van der Waals surface area (Å²) in [5, 5.41) is 3.48. The van der Waals surface area contributed by atoms with Gasteiger partial charge in [0.15, 0.2) is 0 Å². The number of anilines is 2. The quantitative estimate of drug-likeness (QED) is 0.796. The standard InChI is InChI=1S/C15H22N2/c1-12-4-3-9-17(11-12)14-6-7-15-13(10-14)5-2-8-16-15/h6-7,10,12,16H,2-5,8-9,11H2,1H3. The SMILES string of the molecule is CC1CCCN(c2ccc3c(c2)CCCN3)C1. The van der Waals surface area contributed by atoms with E-state index in [-0.39, 0.29) is 0 Å². The van der Waals surface area contributed by atoms with Crippen molar-refractivity contribution in [1.29, 1.82) is 0 Å². The van der Waals surface area contributed by atoms with E-state index in [1.165, 1.54) is 55.7 Å². The summed E-state index contributed by atoms with van der Waals surface area (Å²) in [6.07, 6.45) is 5.24. The molecule has 0 radical (unpaired) electrons. The van der Waals surface area contributed by atoms with Gasteiger partial charge >= 0.3 is 0 Å². The van der Waals surface area contributed by atoms with Gasteiger partial charge in [0.2, 0.25) is 0 Å². The highest BCUT2D eigenvalue weighted by Gasteiger charge is 2.18. The molecule has 3 rings (SSSR count). The van der Waals surface area contributed by atoms with E-state index < -0.39 is 0 Å². The predicted octanol–water partition coefficient (Wildman–Crippen LogP) is 3.28. The summed E-state index contributed by atoms with van der Waals surface area (Å²) >= 11 is 0. The highest BCUT2D eigenvalue weighted by molar-refractivity contribution is 5.61. The molecule has 2 heteroatoms. The van der Waals surface area contributed by atoms with Crippen molar-refractivity contribution >= 4 is 11.4 Å². The van der Waals surface area contributed by atoms with E-state index in [0.29, 0.717) is 0 Å². The van der Waals surface area contributed by atoms with E-state index in [1.54, 1.807) is 0 Å². The Balaban J connectivity index is 1.83. The molecule has 2 nitrogen and oxygen atoms in total. The molecule has 2 heterocycles. The lowest BCUT2D eigenvalue weighted by atomic mass is 9.98. The Morgan fingerprint density at radius 3 is 3.12 bits per heavy atom. The number of benzene rings is 1. The molecular formula is C15H22N2. The lowest BCUT2D eigenvalue weighted by molar-refractivity contribution is 0.447. The van der Waals surface area contributed by atoms with Crippen LogP contribution in [0.15, 0.2) is 18.2 Å². The highest BCUT2D eigenvalue weighted by Crippen LogP contribution is 2.29. The van der Waals surface area contributed by atoms with Crippen LogP contribution < -0.4 is 10.2 Å². The summed E-state index contributed by atoms with van der Waals surface area (Å²) in [4.78, 5) is 2.56. The molecule has 0 amide bonds. The van der Waals surface area contributed by atoms with Gasteiger partial charge in [0.25, 0.3) is 0 Å². The molecule has 1 aromatic carbocycles. The Morgan fingerprint density at radius 2 is 2.24 bits per heavy atom. The molecule has 2 aliphatic heterocycles. The first-order valence-electron chi connectivity index (χ1n) is 6.95. The number of nitrogens with zero attached hydrogens (tertiary/aromatic N) is 1. The fourth-order valence-corrected chi connectivity index (χ4v) is 3.08. The maximum absolute atomic E-state index is 3.48. The molecule has 0 spiro atoms. The van der Waals surface area contributed by atoms with Crippen LogP contribution in [0.1, 0.15) is 31.7 Å². The maximum Gasteiger partial charge on any atom is 0.0374 e. The number of rotatable bonds is 1. The number of hydrogen-bond acceptors (Lipinski definition) is 2. The summed E-state index contributed by atoms with van der Waals surface area (Å²) in [7, 11) is 0. The van der Waals surface area contributed by atoms with Crippen LogP contribution >= 0.6 is 0 Å². The molecule has 0 bridgehead atoms. The summed E-state index contributed by atoms with van der Waals surface area (Å²) in [5.74, 6) is 0.845. The minimum atomic E-state index is 0.845. The van der Waals surface area contributed by atoms with Gasteiger partial charge in [-0.15, -0.1) is 0 Å². The number of piperidine rings is 1.